The standard InChI is InChI=1S/C13H19BrClN3/c1-3-18-6-4-5-11(18)9-17(2)13-12(15)7-10(14)8-16-13/h7-8,11H,3-6,9H2,1-2H3. The van der Waals surface area contributed by atoms with E-state index in [4.69, 9.17) is 11.6 Å². The van der Waals surface area contributed by atoms with Crippen LogP contribution in [0.5, 0.6) is 0 Å². The van der Waals surface area contributed by atoms with Gasteiger partial charge >= 0.3 is 0 Å². The van der Waals surface area contributed by atoms with Crippen molar-refractivity contribution in [3.8, 4) is 0 Å². The van der Waals surface area contributed by atoms with Crippen LogP contribution in [0.4, 0.5) is 5.82 Å². The summed E-state index contributed by atoms with van der Waals surface area (Å²) in [4.78, 5) is 9.09. The van der Waals surface area contributed by atoms with E-state index in [2.05, 4.69) is 44.7 Å². The van der Waals surface area contributed by atoms with Crippen molar-refractivity contribution in [1.82, 2.24) is 9.88 Å². The van der Waals surface area contributed by atoms with Gasteiger partial charge in [-0.25, -0.2) is 4.98 Å². The Morgan fingerprint density at radius 3 is 3.06 bits per heavy atom. The molecule has 1 aromatic rings. The molecule has 0 amide bonds. The lowest BCUT2D eigenvalue weighted by atomic mass is 10.2. The van der Waals surface area contributed by atoms with Crippen LogP contribution < -0.4 is 4.90 Å². The average molecular weight is 333 g/mol. The normalized spacial score (nSPS) is 20.3. The predicted molar refractivity (Wildman–Crippen MR) is 80.5 cm³/mol. The van der Waals surface area contributed by atoms with E-state index in [0.717, 1.165) is 23.4 Å². The fraction of sp³-hybridized carbons (Fsp3) is 0.615. The van der Waals surface area contributed by atoms with Crippen LogP contribution in [0.2, 0.25) is 5.02 Å². The number of halogens is 2. The van der Waals surface area contributed by atoms with E-state index in [-0.39, 0.29) is 0 Å². The summed E-state index contributed by atoms with van der Waals surface area (Å²) in [6, 6.07) is 2.52. The number of likely N-dealkylation sites (tertiary alicyclic amines) is 1. The molecule has 0 aromatic carbocycles. The lowest BCUT2D eigenvalue weighted by Gasteiger charge is -2.28. The molecule has 0 N–H and O–H groups in total. The van der Waals surface area contributed by atoms with Gasteiger partial charge in [-0.2, -0.15) is 0 Å². The molecule has 0 radical (unpaired) electrons. The average Bonchev–Trinajstić information content (AvgIpc) is 2.76. The van der Waals surface area contributed by atoms with E-state index in [1.165, 1.54) is 19.4 Å². The van der Waals surface area contributed by atoms with Crippen LogP contribution in [0.3, 0.4) is 0 Å². The lowest BCUT2D eigenvalue weighted by molar-refractivity contribution is 0.270. The molecule has 100 valence electrons. The van der Waals surface area contributed by atoms with Gasteiger partial charge in [0.2, 0.25) is 0 Å². The van der Waals surface area contributed by atoms with Crippen LogP contribution in [-0.2, 0) is 0 Å². The highest BCUT2D eigenvalue weighted by Crippen LogP contribution is 2.27. The monoisotopic (exact) mass is 331 g/mol. The summed E-state index contributed by atoms with van der Waals surface area (Å²) in [5.74, 6) is 0.864. The summed E-state index contributed by atoms with van der Waals surface area (Å²) < 4.78 is 0.917. The van der Waals surface area contributed by atoms with Crippen LogP contribution in [0.1, 0.15) is 19.8 Å². The third kappa shape index (κ3) is 3.16. The second-order valence-corrected chi connectivity index (χ2v) is 6.09. The van der Waals surface area contributed by atoms with Gasteiger partial charge in [0, 0.05) is 30.3 Å². The molecule has 0 saturated carbocycles. The van der Waals surface area contributed by atoms with Crippen LogP contribution in [0, 0.1) is 0 Å². The highest BCUT2D eigenvalue weighted by Gasteiger charge is 2.24. The van der Waals surface area contributed by atoms with Crippen LogP contribution in [0.25, 0.3) is 0 Å². The van der Waals surface area contributed by atoms with E-state index in [9.17, 15) is 0 Å². The number of anilines is 1. The topological polar surface area (TPSA) is 19.4 Å². The predicted octanol–water partition coefficient (Wildman–Crippen LogP) is 3.42. The third-order valence-corrected chi connectivity index (χ3v) is 4.25. The zero-order valence-electron chi connectivity index (χ0n) is 10.9. The summed E-state index contributed by atoms with van der Waals surface area (Å²) in [6.45, 7) is 5.56. The first-order valence-electron chi connectivity index (χ1n) is 6.38. The molecule has 2 rings (SSSR count). The molecule has 0 aliphatic carbocycles. The Bertz CT molecular complexity index is 413. The van der Waals surface area contributed by atoms with Gasteiger partial charge in [0.15, 0.2) is 0 Å². The summed E-state index contributed by atoms with van der Waals surface area (Å²) in [5, 5.41) is 0.702. The maximum absolute atomic E-state index is 6.23. The summed E-state index contributed by atoms with van der Waals surface area (Å²) in [5.41, 5.74) is 0. The number of likely N-dealkylation sites (N-methyl/N-ethyl adjacent to an activating group) is 2. The molecule has 5 heteroatoms. The molecular formula is C13H19BrClN3. The minimum absolute atomic E-state index is 0.626. The molecule has 0 bridgehead atoms. The maximum atomic E-state index is 6.23. The van der Waals surface area contributed by atoms with Crippen molar-refractivity contribution in [2.24, 2.45) is 0 Å². The fourth-order valence-corrected chi connectivity index (χ4v) is 3.38. The van der Waals surface area contributed by atoms with Crippen molar-refractivity contribution in [3.05, 3.63) is 21.8 Å². The highest BCUT2D eigenvalue weighted by molar-refractivity contribution is 9.10. The van der Waals surface area contributed by atoms with Crippen LogP contribution in [0.15, 0.2) is 16.7 Å². The summed E-state index contributed by atoms with van der Waals surface area (Å²) >= 11 is 9.61. The fourth-order valence-electron chi connectivity index (χ4n) is 2.61. The van der Waals surface area contributed by atoms with E-state index in [1.54, 1.807) is 6.20 Å². The van der Waals surface area contributed by atoms with Crippen molar-refractivity contribution >= 4 is 33.3 Å². The van der Waals surface area contributed by atoms with Gasteiger partial charge in [0.1, 0.15) is 5.82 Å². The lowest BCUT2D eigenvalue weighted by Crippen LogP contribution is -2.39. The largest absolute Gasteiger partial charge is 0.357 e. The third-order valence-electron chi connectivity index (χ3n) is 3.54. The number of aromatic nitrogens is 1. The van der Waals surface area contributed by atoms with Gasteiger partial charge in [0.05, 0.1) is 5.02 Å². The molecule has 2 heterocycles. The molecule has 1 unspecified atom stereocenters. The molecule has 1 aromatic heterocycles. The first kappa shape index (κ1) is 14.1. The van der Waals surface area contributed by atoms with E-state index < -0.39 is 0 Å². The zero-order chi connectivity index (χ0) is 13.1. The van der Waals surface area contributed by atoms with Crippen LogP contribution >= 0.6 is 27.5 Å². The van der Waals surface area contributed by atoms with Crippen molar-refractivity contribution in [2.75, 3.05) is 31.6 Å². The number of hydrogen-bond donors (Lipinski definition) is 0. The number of rotatable bonds is 4. The minimum atomic E-state index is 0.626. The number of pyridine rings is 1. The molecule has 1 saturated heterocycles. The highest BCUT2D eigenvalue weighted by atomic mass is 79.9. The van der Waals surface area contributed by atoms with Gasteiger partial charge in [-0.1, -0.05) is 18.5 Å². The van der Waals surface area contributed by atoms with E-state index >= 15 is 0 Å². The van der Waals surface area contributed by atoms with Gasteiger partial charge in [-0.05, 0) is 47.9 Å². The Morgan fingerprint density at radius 1 is 1.61 bits per heavy atom. The van der Waals surface area contributed by atoms with Crippen LogP contribution in [-0.4, -0.2) is 42.6 Å². The smallest absolute Gasteiger partial charge is 0.147 e. The SMILES string of the molecule is CCN1CCCC1CN(C)c1ncc(Br)cc1Cl. The molecular weight excluding hydrogens is 314 g/mol. The Hall–Kier alpha value is -0.320. The van der Waals surface area contributed by atoms with Gasteiger partial charge in [-0.15, -0.1) is 0 Å². The second-order valence-electron chi connectivity index (χ2n) is 4.76. The quantitative estimate of drug-likeness (QED) is 0.842. The van der Waals surface area contributed by atoms with Gasteiger partial charge in [-0.3, -0.25) is 4.90 Å². The molecule has 3 nitrogen and oxygen atoms in total. The minimum Gasteiger partial charge on any atom is -0.357 e. The van der Waals surface area contributed by atoms with E-state index in [0.29, 0.717) is 11.1 Å². The van der Waals surface area contributed by atoms with Crippen molar-refractivity contribution in [1.29, 1.82) is 0 Å². The van der Waals surface area contributed by atoms with Crippen molar-refractivity contribution in [2.45, 2.75) is 25.8 Å². The van der Waals surface area contributed by atoms with Crippen molar-refractivity contribution in [3.63, 3.8) is 0 Å². The number of hydrogen-bond acceptors (Lipinski definition) is 3. The van der Waals surface area contributed by atoms with Gasteiger partial charge < -0.3 is 4.90 Å². The molecule has 1 fully saturated rings. The molecule has 1 aliphatic rings. The summed E-state index contributed by atoms with van der Waals surface area (Å²) in [6.07, 6.45) is 4.37. The molecule has 1 aliphatic heterocycles. The second kappa shape index (κ2) is 6.22. The first-order valence-corrected chi connectivity index (χ1v) is 7.55. The Labute approximate surface area is 122 Å². The molecule has 18 heavy (non-hydrogen) atoms. The van der Waals surface area contributed by atoms with Gasteiger partial charge in [0.25, 0.3) is 0 Å². The van der Waals surface area contributed by atoms with E-state index in [1.807, 2.05) is 6.07 Å². The molecule has 1 atom stereocenters. The Kier molecular flexibility index (Phi) is 4.87. The first-order chi connectivity index (χ1) is 8.61. The van der Waals surface area contributed by atoms with Crippen molar-refractivity contribution < 1.29 is 0 Å². The molecule has 0 spiro atoms. The zero-order valence-corrected chi connectivity index (χ0v) is 13.2. The Morgan fingerprint density at radius 2 is 2.39 bits per heavy atom. The number of nitrogens with zero attached hydrogens (tertiary/aromatic N) is 3. The maximum Gasteiger partial charge on any atom is 0.147 e. The Balaban J connectivity index is 2.05. The summed E-state index contributed by atoms with van der Waals surface area (Å²) in [7, 11) is 2.06.